The van der Waals surface area contributed by atoms with Gasteiger partial charge in [0.1, 0.15) is 5.82 Å². The lowest BCUT2D eigenvalue weighted by Gasteiger charge is -2.35. The number of carboxylic acids is 1. The summed E-state index contributed by atoms with van der Waals surface area (Å²) in [6.07, 6.45) is 18.3. The van der Waals surface area contributed by atoms with Crippen molar-refractivity contribution >= 4 is 5.97 Å². The normalized spacial score (nSPS) is 22.6. The summed E-state index contributed by atoms with van der Waals surface area (Å²) in [5, 5.41) is 8.72. The number of rotatable bonds is 6. The number of aliphatic carboxylic acids is 1. The van der Waals surface area contributed by atoms with Crippen LogP contribution in [0.2, 0.25) is 0 Å². The Morgan fingerprint density at radius 1 is 1.31 bits per heavy atom. The van der Waals surface area contributed by atoms with Gasteiger partial charge in [0.2, 0.25) is 0 Å². The van der Waals surface area contributed by atoms with Gasteiger partial charge in [-0.1, -0.05) is 41.5 Å². The number of aromatic amines is 1. The van der Waals surface area contributed by atoms with Crippen LogP contribution in [-0.2, 0) is 10.2 Å². The average Bonchev–Trinajstić information content (AvgIpc) is 3.09. The van der Waals surface area contributed by atoms with E-state index in [1.54, 1.807) is 13.0 Å². The lowest BCUT2D eigenvalue weighted by Crippen LogP contribution is -2.29. The fraction of sp³-hybridized carbons (Fsp3) is 0.364. The van der Waals surface area contributed by atoms with Crippen LogP contribution in [0.15, 0.2) is 71.1 Å². The molecule has 4 nitrogen and oxygen atoms in total. The number of carbonyl (C=O) groups is 1. The number of nitrogens with zero attached hydrogens (tertiary/aromatic N) is 1. The molecular formula is C22H28N2O2. The molecule has 1 aromatic heterocycles. The van der Waals surface area contributed by atoms with Gasteiger partial charge in [-0.3, -0.25) is 0 Å². The van der Waals surface area contributed by atoms with E-state index in [4.69, 9.17) is 5.11 Å². The molecular weight excluding hydrogens is 324 g/mol. The fourth-order valence-corrected chi connectivity index (χ4v) is 3.45. The highest BCUT2D eigenvalue weighted by Gasteiger charge is 2.35. The highest BCUT2D eigenvalue weighted by molar-refractivity contribution is 5.81. The van der Waals surface area contributed by atoms with Crippen molar-refractivity contribution in [2.24, 2.45) is 0 Å². The van der Waals surface area contributed by atoms with Gasteiger partial charge in [-0.25, -0.2) is 9.78 Å². The zero-order valence-electron chi connectivity index (χ0n) is 16.0. The minimum atomic E-state index is -0.926. The Kier molecular flexibility index (Phi) is 6.56. The van der Waals surface area contributed by atoms with Crippen molar-refractivity contribution in [2.75, 3.05) is 0 Å². The Morgan fingerprint density at radius 3 is 2.73 bits per heavy atom. The van der Waals surface area contributed by atoms with Gasteiger partial charge in [0, 0.05) is 18.5 Å². The fourth-order valence-electron chi connectivity index (χ4n) is 3.45. The summed E-state index contributed by atoms with van der Waals surface area (Å²) in [7, 11) is 0. The van der Waals surface area contributed by atoms with Crippen molar-refractivity contribution in [3.05, 3.63) is 77.0 Å². The number of hydrogen-bond acceptors (Lipinski definition) is 2. The molecule has 0 amide bonds. The van der Waals surface area contributed by atoms with Gasteiger partial charge in [0.25, 0.3) is 0 Å². The third-order valence-corrected chi connectivity index (χ3v) is 4.89. The van der Waals surface area contributed by atoms with Gasteiger partial charge in [-0.2, -0.15) is 0 Å². The second-order valence-corrected chi connectivity index (χ2v) is 7.15. The summed E-state index contributed by atoms with van der Waals surface area (Å²) < 4.78 is 0. The van der Waals surface area contributed by atoms with Gasteiger partial charge >= 0.3 is 5.97 Å². The van der Waals surface area contributed by atoms with Crippen molar-refractivity contribution in [1.82, 2.24) is 9.97 Å². The first-order valence-corrected chi connectivity index (χ1v) is 8.97. The Balaban J connectivity index is 2.20. The summed E-state index contributed by atoms with van der Waals surface area (Å²) in [6.45, 7) is 8.28. The van der Waals surface area contributed by atoms with Crippen LogP contribution in [-0.4, -0.2) is 21.0 Å². The molecule has 0 saturated carbocycles. The topological polar surface area (TPSA) is 66.0 Å². The molecule has 26 heavy (non-hydrogen) atoms. The van der Waals surface area contributed by atoms with E-state index < -0.39 is 5.97 Å². The zero-order valence-corrected chi connectivity index (χ0v) is 16.0. The summed E-state index contributed by atoms with van der Waals surface area (Å²) in [5.74, 6) is 0.0943. The van der Waals surface area contributed by atoms with E-state index in [1.807, 2.05) is 31.5 Å². The summed E-state index contributed by atoms with van der Waals surface area (Å²) in [5.41, 5.74) is 4.48. The van der Waals surface area contributed by atoms with E-state index in [0.717, 1.165) is 24.2 Å². The number of allylic oxidation sites excluding steroid dienone is 9. The molecule has 138 valence electrons. The highest BCUT2D eigenvalue weighted by Crippen LogP contribution is 2.42. The first kappa shape index (κ1) is 19.7. The molecule has 0 spiro atoms. The molecule has 1 aromatic rings. The van der Waals surface area contributed by atoms with E-state index in [9.17, 15) is 4.79 Å². The predicted molar refractivity (Wildman–Crippen MR) is 106 cm³/mol. The molecule has 0 unspecified atom stereocenters. The predicted octanol–water partition coefficient (Wildman–Crippen LogP) is 5.26. The van der Waals surface area contributed by atoms with E-state index in [1.165, 1.54) is 23.6 Å². The van der Waals surface area contributed by atoms with Crippen LogP contribution >= 0.6 is 0 Å². The Labute approximate surface area is 155 Å². The molecule has 0 aliphatic heterocycles. The monoisotopic (exact) mass is 352 g/mol. The maximum Gasteiger partial charge on any atom is 0.328 e. The standard InChI is InChI=1S/C22H28N2O2/c1-16(7-5-8-17(2)15-20(25)26)10-11-19-18(3)9-6-12-22(19,4)21-23-13-14-24-21/h5,7-8,10-11,13-15H,6,9,12H2,1-4H3,(H,23,24)(H,25,26)/b8-5+,11-10+,16-7+,17-15+/t22-/m0/s1. The lowest BCUT2D eigenvalue weighted by atomic mass is 9.70. The molecule has 0 aromatic carbocycles. The Hall–Kier alpha value is -2.62. The van der Waals surface area contributed by atoms with Crippen LogP contribution in [0.5, 0.6) is 0 Å². The third-order valence-electron chi connectivity index (χ3n) is 4.89. The Morgan fingerprint density at radius 2 is 2.08 bits per heavy atom. The van der Waals surface area contributed by atoms with E-state index >= 15 is 0 Å². The third kappa shape index (κ3) is 4.94. The molecule has 2 N–H and O–H groups in total. The number of hydrogen-bond donors (Lipinski definition) is 2. The quantitative estimate of drug-likeness (QED) is 0.542. The number of carboxylic acid groups (broad SMARTS) is 1. The van der Waals surface area contributed by atoms with E-state index in [0.29, 0.717) is 5.57 Å². The van der Waals surface area contributed by atoms with Gasteiger partial charge < -0.3 is 10.1 Å². The average molecular weight is 352 g/mol. The first-order valence-electron chi connectivity index (χ1n) is 8.97. The zero-order chi connectivity index (χ0) is 19.2. The van der Waals surface area contributed by atoms with Crippen molar-refractivity contribution in [3.63, 3.8) is 0 Å². The molecule has 0 saturated heterocycles. The van der Waals surface area contributed by atoms with Gasteiger partial charge in [-0.15, -0.1) is 0 Å². The van der Waals surface area contributed by atoms with E-state index in [2.05, 4.69) is 36.0 Å². The van der Waals surface area contributed by atoms with E-state index in [-0.39, 0.29) is 5.41 Å². The molecule has 1 atom stereocenters. The van der Waals surface area contributed by atoms with Crippen molar-refractivity contribution in [3.8, 4) is 0 Å². The SMILES string of the molecule is CC1=C(/C=C/C(C)=C/C=C/C(C)=C/C(=O)O)[C@@](C)(c2ncc[nH]2)CCC1. The second kappa shape index (κ2) is 8.65. The summed E-state index contributed by atoms with van der Waals surface area (Å²) >= 11 is 0. The molecule has 0 fully saturated rings. The maximum absolute atomic E-state index is 10.6. The minimum Gasteiger partial charge on any atom is -0.478 e. The molecule has 4 heteroatoms. The molecule has 1 aliphatic carbocycles. The number of H-pyrrole nitrogens is 1. The summed E-state index contributed by atoms with van der Waals surface area (Å²) in [4.78, 5) is 18.4. The maximum atomic E-state index is 10.6. The largest absolute Gasteiger partial charge is 0.478 e. The lowest BCUT2D eigenvalue weighted by molar-refractivity contribution is -0.131. The molecule has 1 heterocycles. The van der Waals surface area contributed by atoms with Crippen LogP contribution in [0.3, 0.4) is 0 Å². The second-order valence-electron chi connectivity index (χ2n) is 7.15. The Bertz CT molecular complexity index is 792. The van der Waals surface area contributed by atoms with Crippen LogP contribution in [0.4, 0.5) is 0 Å². The summed E-state index contributed by atoms with van der Waals surface area (Å²) in [6, 6.07) is 0. The van der Waals surface area contributed by atoms with Crippen molar-refractivity contribution in [2.45, 2.75) is 52.4 Å². The number of aromatic nitrogens is 2. The van der Waals surface area contributed by atoms with Crippen LogP contribution in [0.25, 0.3) is 0 Å². The smallest absolute Gasteiger partial charge is 0.328 e. The molecule has 0 bridgehead atoms. The van der Waals surface area contributed by atoms with Crippen LogP contribution in [0, 0.1) is 0 Å². The molecule has 1 aliphatic rings. The molecule has 2 rings (SSSR count). The number of imidazole rings is 1. The first-order chi connectivity index (χ1) is 12.3. The van der Waals surface area contributed by atoms with Gasteiger partial charge in [0.15, 0.2) is 0 Å². The highest BCUT2D eigenvalue weighted by atomic mass is 16.4. The van der Waals surface area contributed by atoms with Gasteiger partial charge in [0.05, 0.1) is 5.41 Å². The van der Waals surface area contributed by atoms with Crippen LogP contribution in [0.1, 0.15) is 52.8 Å². The van der Waals surface area contributed by atoms with Crippen molar-refractivity contribution < 1.29 is 9.90 Å². The van der Waals surface area contributed by atoms with Crippen molar-refractivity contribution in [1.29, 1.82) is 0 Å². The minimum absolute atomic E-state index is 0.0841. The molecule has 0 radical (unpaired) electrons. The van der Waals surface area contributed by atoms with Crippen LogP contribution < -0.4 is 0 Å². The number of nitrogens with one attached hydrogen (secondary N) is 1. The van der Waals surface area contributed by atoms with Gasteiger partial charge in [-0.05, 0) is 58.1 Å².